The molecule has 0 bridgehead atoms. The summed E-state index contributed by atoms with van der Waals surface area (Å²) in [6.45, 7) is 6.40. The van der Waals surface area contributed by atoms with Gasteiger partial charge in [-0.05, 0) is 62.5 Å². The van der Waals surface area contributed by atoms with Crippen molar-refractivity contribution in [2.75, 3.05) is 7.11 Å². The number of methoxy groups -OCH3 is 1. The SMILES string of the molecule is COc1c(F)cccc1-c1c[nH]c2ncc(-c3cccc(SNC(C)(C)C)c3)cc12. The molecule has 0 atom stereocenters. The molecule has 2 heterocycles. The monoisotopic (exact) mass is 421 g/mol. The van der Waals surface area contributed by atoms with Gasteiger partial charge in [-0.1, -0.05) is 24.3 Å². The molecule has 0 fully saturated rings. The molecule has 0 saturated carbocycles. The molecule has 0 saturated heterocycles. The fraction of sp³-hybridized carbons (Fsp3) is 0.208. The van der Waals surface area contributed by atoms with E-state index in [0.717, 1.165) is 32.6 Å². The Bertz CT molecular complexity index is 1200. The van der Waals surface area contributed by atoms with E-state index in [1.165, 1.54) is 13.2 Å². The van der Waals surface area contributed by atoms with Gasteiger partial charge in [0.05, 0.1) is 7.11 Å². The van der Waals surface area contributed by atoms with Crippen LogP contribution in [0.25, 0.3) is 33.3 Å². The minimum Gasteiger partial charge on any atom is -0.493 e. The first-order valence-electron chi connectivity index (χ1n) is 9.70. The molecule has 0 unspecified atom stereocenters. The summed E-state index contributed by atoms with van der Waals surface area (Å²) in [5.41, 5.74) is 4.39. The Morgan fingerprint density at radius 2 is 1.83 bits per heavy atom. The highest BCUT2D eigenvalue weighted by Gasteiger charge is 2.16. The first-order chi connectivity index (χ1) is 14.4. The van der Waals surface area contributed by atoms with E-state index in [4.69, 9.17) is 4.74 Å². The van der Waals surface area contributed by atoms with Crippen LogP contribution < -0.4 is 9.46 Å². The fourth-order valence-corrected chi connectivity index (χ4v) is 4.02. The average Bonchev–Trinajstić information content (AvgIpc) is 3.15. The van der Waals surface area contributed by atoms with Crippen molar-refractivity contribution in [3.63, 3.8) is 0 Å². The Morgan fingerprint density at radius 3 is 2.60 bits per heavy atom. The zero-order chi connectivity index (χ0) is 21.3. The molecule has 0 aliphatic rings. The third-order valence-electron chi connectivity index (χ3n) is 4.63. The average molecular weight is 422 g/mol. The standard InChI is InChI=1S/C24H24FN3OS/c1-24(2,3)28-30-17-8-5-7-15(11-17)16-12-19-20(14-27-23(19)26-13-16)18-9-6-10-21(25)22(18)29-4/h5-14,28H,1-4H3,(H,26,27). The van der Waals surface area contributed by atoms with Crippen LogP contribution in [0.2, 0.25) is 0 Å². The van der Waals surface area contributed by atoms with E-state index < -0.39 is 0 Å². The van der Waals surface area contributed by atoms with E-state index in [-0.39, 0.29) is 17.1 Å². The molecule has 0 radical (unpaired) electrons. The maximum atomic E-state index is 14.2. The molecule has 6 heteroatoms. The molecule has 0 aliphatic carbocycles. The minimum atomic E-state index is -0.385. The van der Waals surface area contributed by atoms with Gasteiger partial charge in [-0.25, -0.2) is 9.37 Å². The second kappa shape index (κ2) is 8.13. The van der Waals surface area contributed by atoms with Crippen LogP contribution in [-0.2, 0) is 0 Å². The molecule has 30 heavy (non-hydrogen) atoms. The number of aromatic amines is 1. The van der Waals surface area contributed by atoms with Gasteiger partial charge in [-0.2, -0.15) is 0 Å². The van der Waals surface area contributed by atoms with Gasteiger partial charge in [0.2, 0.25) is 0 Å². The van der Waals surface area contributed by atoms with Crippen LogP contribution in [0.4, 0.5) is 4.39 Å². The number of H-pyrrole nitrogens is 1. The molecule has 154 valence electrons. The molecule has 4 rings (SSSR count). The highest BCUT2D eigenvalue weighted by Crippen LogP contribution is 2.37. The number of halogens is 1. The highest BCUT2D eigenvalue weighted by atomic mass is 32.2. The summed E-state index contributed by atoms with van der Waals surface area (Å²) in [4.78, 5) is 8.89. The van der Waals surface area contributed by atoms with Crippen LogP contribution in [0.15, 0.2) is 65.8 Å². The number of nitrogens with zero attached hydrogens (tertiary/aromatic N) is 1. The maximum Gasteiger partial charge on any atom is 0.165 e. The first-order valence-corrected chi connectivity index (χ1v) is 10.5. The number of hydrogen-bond acceptors (Lipinski definition) is 4. The Hall–Kier alpha value is -2.83. The highest BCUT2D eigenvalue weighted by molar-refractivity contribution is 7.97. The van der Waals surface area contributed by atoms with Crippen molar-refractivity contribution >= 4 is 23.0 Å². The zero-order valence-corrected chi connectivity index (χ0v) is 18.2. The largest absolute Gasteiger partial charge is 0.493 e. The number of para-hydroxylation sites is 1. The van der Waals surface area contributed by atoms with Crippen LogP contribution in [0.1, 0.15) is 20.8 Å². The van der Waals surface area contributed by atoms with Crippen molar-refractivity contribution in [1.29, 1.82) is 0 Å². The molecule has 0 aliphatic heterocycles. The third-order valence-corrected chi connectivity index (χ3v) is 5.84. The van der Waals surface area contributed by atoms with E-state index in [0.29, 0.717) is 5.56 Å². The fourth-order valence-electron chi connectivity index (χ4n) is 3.26. The van der Waals surface area contributed by atoms with Crippen LogP contribution in [-0.4, -0.2) is 22.6 Å². The van der Waals surface area contributed by atoms with Crippen molar-refractivity contribution in [2.24, 2.45) is 0 Å². The quantitative estimate of drug-likeness (QED) is 0.364. The molecular formula is C24H24FN3OS. The molecule has 0 amide bonds. The first kappa shape index (κ1) is 20.4. The minimum absolute atomic E-state index is 0.0190. The summed E-state index contributed by atoms with van der Waals surface area (Å²) in [7, 11) is 1.48. The van der Waals surface area contributed by atoms with Crippen LogP contribution >= 0.6 is 11.9 Å². The van der Waals surface area contributed by atoms with Crippen molar-refractivity contribution < 1.29 is 9.13 Å². The normalized spacial score (nSPS) is 11.8. The number of nitrogens with one attached hydrogen (secondary N) is 2. The van der Waals surface area contributed by atoms with Crippen molar-refractivity contribution in [3.05, 3.63) is 66.7 Å². The van der Waals surface area contributed by atoms with E-state index >= 15 is 0 Å². The predicted molar refractivity (Wildman–Crippen MR) is 122 cm³/mol. The van der Waals surface area contributed by atoms with Crippen molar-refractivity contribution in [1.82, 2.24) is 14.7 Å². The summed E-state index contributed by atoms with van der Waals surface area (Å²) in [5, 5.41) is 0.919. The maximum absolute atomic E-state index is 14.2. The second-order valence-corrected chi connectivity index (χ2v) is 9.00. The molecule has 4 aromatic rings. The van der Waals surface area contributed by atoms with Crippen molar-refractivity contribution in [3.8, 4) is 28.0 Å². The third kappa shape index (κ3) is 4.20. The van der Waals surface area contributed by atoms with Gasteiger partial charge in [0.1, 0.15) is 5.65 Å². The van der Waals surface area contributed by atoms with Gasteiger partial charge in [0.25, 0.3) is 0 Å². The molecule has 2 aromatic carbocycles. The summed E-state index contributed by atoms with van der Waals surface area (Å²) in [6, 6.07) is 15.4. The van der Waals surface area contributed by atoms with E-state index in [1.54, 1.807) is 18.0 Å². The van der Waals surface area contributed by atoms with Crippen LogP contribution in [0.3, 0.4) is 0 Å². The second-order valence-electron chi connectivity index (χ2n) is 8.13. The van der Waals surface area contributed by atoms with Gasteiger partial charge >= 0.3 is 0 Å². The summed E-state index contributed by atoms with van der Waals surface area (Å²) in [6.07, 6.45) is 3.70. The van der Waals surface area contributed by atoms with Gasteiger partial charge < -0.3 is 9.72 Å². The Balaban J connectivity index is 1.75. The van der Waals surface area contributed by atoms with Gasteiger partial charge in [0.15, 0.2) is 11.6 Å². The molecule has 2 aromatic heterocycles. The summed E-state index contributed by atoms with van der Waals surface area (Å²) in [5.74, 6) is -0.153. The number of pyridine rings is 1. The van der Waals surface area contributed by atoms with Crippen molar-refractivity contribution in [2.45, 2.75) is 31.2 Å². The molecule has 0 spiro atoms. The Morgan fingerprint density at radius 1 is 1.03 bits per heavy atom. The summed E-state index contributed by atoms with van der Waals surface area (Å²) < 4.78 is 23.0. The topological polar surface area (TPSA) is 49.9 Å². The lowest BCUT2D eigenvalue weighted by Gasteiger charge is -2.19. The number of aromatic nitrogens is 2. The smallest absolute Gasteiger partial charge is 0.165 e. The number of hydrogen-bond donors (Lipinski definition) is 2. The van der Waals surface area contributed by atoms with Gasteiger partial charge in [-0.3, -0.25) is 4.72 Å². The van der Waals surface area contributed by atoms with Crippen LogP contribution in [0, 0.1) is 5.82 Å². The number of ether oxygens (including phenoxy) is 1. The van der Waals surface area contributed by atoms with E-state index in [9.17, 15) is 4.39 Å². The lowest BCUT2D eigenvalue weighted by molar-refractivity contribution is 0.388. The molecular weight excluding hydrogens is 397 g/mol. The predicted octanol–water partition coefficient (Wildman–Crippen LogP) is 6.44. The number of rotatable bonds is 5. The number of fused-ring (bicyclic) bond motifs is 1. The molecule has 2 N–H and O–H groups in total. The Kier molecular flexibility index (Phi) is 5.54. The van der Waals surface area contributed by atoms with E-state index in [1.807, 2.05) is 24.5 Å². The van der Waals surface area contributed by atoms with Gasteiger partial charge in [-0.15, -0.1) is 0 Å². The molecule has 4 nitrogen and oxygen atoms in total. The summed E-state index contributed by atoms with van der Waals surface area (Å²) >= 11 is 1.61. The van der Waals surface area contributed by atoms with Crippen LogP contribution in [0.5, 0.6) is 5.75 Å². The lowest BCUT2D eigenvalue weighted by Crippen LogP contribution is -2.29. The Labute approximate surface area is 180 Å². The van der Waals surface area contributed by atoms with E-state index in [2.05, 4.69) is 59.7 Å². The lowest BCUT2D eigenvalue weighted by atomic mass is 10.0. The van der Waals surface area contributed by atoms with Gasteiger partial charge in [0, 0.05) is 44.9 Å². The zero-order valence-electron chi connectivity index (χ0n) is 17.4. The number of benzene rings is 2.